The fraction of sp³-hybridized carbons (Fsp3) is 0.130. The zero-order chi connectivity index (χ0) is 21.6. The van der Waals surface area contributed by atoms with Gasteiger partial charge < -0.3 is 0 Å². The van der Waals surface area contributed by atoms with Gasteiger partial charge in [0, 0.05) is 36.9 Å². The molecule has 0 unspecified atom stereocenters. The molecule has 0 saturated heterocycles. The van der Waals surface area contributed by atoms with Gasteiger partial charge in [-0.2, -0.15) is 0 Å². The van der Waals surface area contributed by atoms with Crippen molar-refractivity contribution in [3.63, 3.8) is 0 Å². The Morgan fingerprint density at radius 1 is 0.774 bits per heavy atom. The van der Waals surface area contributed by atoms with E-state index >= 15 is 0 Å². The normalized spacial score (nSPS) is 12.1. The summed E-state index contributed by atoms with van der Waals surface area (Å²) in [6.45, 7) is 0. The summed E-state index contributed by atoms with van der Waals surface area (Å²) < 4.78 is 17.0. The molecule has 0 aliphatic heterocycles. The predicted molar refractivity (Wildman–Crippen MR) is 135 cm³/mol. The van der Waals surface area contributed by atoms with Crippen molar-refractivity contribution in [3.05, 3.63) is 105 Å². The summed E-state index contributed by atoms with van der Waals surface area (Å²) in [6.07, 6.45) is 0. The topological polar surface area (TPSA) is 47.8 Å². The highest BCUT2D eigenvalue weighted by Gasteiger charge is 2.17. The van der Waals surface area contributed by atoms with Crippen LogP contribution in [0.1, 0.15) is 17.0 Å². The second-order valence-corrected chi connectivity index (χ2v) is 11.1. The third kappa shape index (κ3) is 6.16. The van der Waals surface area contributed by atoms with Crippen molar-refractivity contribution < 1.29 is 4.21 Å². The van der Waals surface area contributed by atoms with Gasteiger partial charge in [0.2, 0.25) is 0 Å². The van der Waals surface area contributed by atoms with Crippen LogP contribution in [-0.2, 0) is 28.1 Å². The van der Waals surface area contributed by atoms with E-state index in [2.05, 4.69) is 54.2 Å². The minimum atomic E-state index is -1.09. The van der Waals surface area contributed by atoms with E-state index in [9.17, 15) is 4.21 Å². The van der Waals surface area contributed by atoms with Crippen molar-refractivity contribution in [1.29, 1.82) is 0 Å². The second-order valence-electron chi connectivity index (χ2n) is 6.84. The van der Waals surface area contributed by atoms with Gasteiger partial charge in [0.1, 0.15) is 0 Å². The first-order valence-electron chi connectivity index (χ1n) is 9.55. The summed E-state index contributed by atoms with van der Waals surface area (Å²) in [5.41, 5.74) is 3.22. The Morgan fingerprint density at radius 2 is 1.39 bits per heavy atom. The highest BCUT2D eigenvalue weighted by Crippen LogP contribution is 2.26. The molecule has 31 heavy (non-hydrogen) atoms. The molecule has 4 aromatic rings. The average Bonchev–Trinajstić information content (AvgIpc) is 3.17. The zero-order valence-corrected chi connectivity index (χ0v) is 21.3. The maximum absolute atomic E-state index is 12.9. The van der Waals surface area contributed by atoms with Crippen molar-refractivity contribution >= 4 is 54.4 Å². The maximum Gasteiger partial charge on any atom is 0.196 e. The summed E-state index contributed by atoms with van der Waals surface area (Å²) in [5.74, 6) is 2.31. The first-order chi connectivity index (χ1) is 15.1. The van der Waals surface area contributed by atoms with Gasteiger partial charge in [-0.1, -0.05) is 86.1 Å². The van der Waals surface area contributed by atoms with Gasteiger partial charge in [0.15, 0.2) is 11.0 Å². The van der Waals surface area contributed by atoms with Crippen LogP contribution in [0.25, 0.3) is 5.69 Å². The number of aromatic nitrogens is 3. The van der Waals surface area contributed by atoms with E-state index in [0.29, 0.717) is 17.3 Å². The van der Waals surface area contributed by atoms with Crippen LogP contribution in [0.4, 0.5) is 0 Å². The molecule has 158 valence electrons. The van der Waals surface area contributed by atoms with Crippen molar-refractivity contribution in [3.8, 4) is 5.69 Å². The second kappa shape index (κ2) is 10.7. The molecule has 8 heteroatoms. The quantitative estimate of drug-likeness (QED) is 0.224. The van der Waals surface area contributed by atoms with Crippen LogP contribution in [0.3, 0.4) is 0 Å². The Hall–Kier alpha value is -1.74. The Kier molecular flexibility index (Phi) is 7.76. The fourth-order valence-electron chi connectivity index (χ4n) is 3.01. The number of rotatable bonds is 8. The molecule has 0 aliphatic carbocycles. The number of benzene rings is 3. The summed E-state index contributed by atoms with van der Waals surface area (Å²) in [5, 5.41) is 9.62. The molecule has 0 N–H and O–H groups in total. The fourth-order valence-corrected chi connectivity index (χ4v) is 5.61. The van der Waals surface area contributed by atoms with Crippen LogP contribution in [0.5, 0.6) is 0 Å². The predicted octanol–water partition coefficient (Wildman–Crippen LogP) is 6.53. The van der Waals surface area contributed by atoms with Crippen LogP contribution in [0.2, 0.25) is 0 Å². The Labute approximate surface area is 205 Å². The summed E-state index contributed by atoms with van der Waals surface area (Å²) >= 11 is 8.53. The molecular formula is C23H19Br2N3OS2. The van der Waals surface area contributed by atoms with E-state index in [1.165, 1.54) is 5.56 Å². The molecular weight excluding hydrogens is 558 g/mol. The molecule has 0 aliphatic rings. The van der Waals surface area contributed by atoms with Gasteiger partial charge in [-0.25, -0.2) is 0 Å². The molecule has 1 aromatic heterocycles. The van der Waals surface area contributed by atoms with Crippen LogP contribution < -0.4 is 0 Å². The molecule has 0 spiro atoms. The molecule has 3 aromatic carbocycles. The third-order valence-electron chi connectivity index (χ3n) is 4.53. The number of nitrogens with zero attached hydrogens (tertiary/aromatic N) is 3. The number of para-hydroxylation sites is 1. The largest absolute Gasteiger partial charge is 0.273 e. The van der Waals surface area contributed by atoms with E-state index in [1.54, 1.807) is 11.8 Å². The van der Waals surface area contributed by atoms with Crippen LogP contribution in [0.15, 0.2) is 93.0 Å². The highest BCUT2D eigenvalue weighted by molar-refractivity contribution is 9.10. The van der Waals surface area contributed by atoms with E-state index in [-0.39, 0.29) is 0 Å². The van der Waals surface area contributed by atoms with Crippen molar-refractivity contribution in [2.45, 2.75) is 22.4 Å². The molecule has 1 atom stereocenters. The van der Waals surface area contributed by atoms with Crippen LogP contribution in [-0.4, -0.2) is 19.0 Å². The number of thioether (sulfide) groups is 1. The zero-order valence-electron chi connectivity index (χ0n) is 16.4. The van der Waals surface area contributed by atoms with Gasteiger partial charge in [-0.05, 0) is 47.5 Å². The molecule has 0 saturated carbocycles. The van der Waals surface area contributed by atoms with Gasteiger partial charge in [-0.15, -0.1) is 10.2 Å². The minimum absolute atomic E-state index is 0.344. The summed E-state index contributed by atoms with van der Waals surface area (Å²) in [4.78, 5) is 0. The third-order valence-corrected chi connectivity index (χ3v) is 7.82. The van der Waals surface area contributed by atoms with E-state index < -0.39 is 10.8 Å². The lowest BCUT2D eigenvalue weighted by Crippen LogP contribution is -2.07. The van der Waals surface area contributed by atoms with Gasteiger partial charge in [0.05, 0.1) is 5.75 Å². The van der Waals surface area contributed by atoms with Crippen LogP contribution in [0, 0.1) is 0 Å². The minimum Gasteiger partial charge on any atom is -0.273 e. The number of halogens is 2. The monoisotopic (exact) mass is 575 g/mol. The maximum atomic E-state index is 12.9. The van der Waals surface area contributed by atoms with Gasteiger partial charge in [-0.3, -0.25) is 8.78 Å². The smallest absolute Gasteiger partial charge is 0.196 e. The van der Waals surface area contributed by atoms with Gasteiger partial charge >= 0.3 is 0 Å². The Balaban J connectivity index is 1.54. The van der Waals surface area contributed by atoms with Crippen molar-refractivity contribution in [1.82, 2.24) is 14.8 Å². The molecule has 0 radical (unpaired) electrons. The molecule has 0 amide bonds. The lowest BCUT2D eigenvalue weighted by atomic mass is 10.2. The average molecular weight is 577 g/mol. The van der Waals surface area contributed by atoms with E-state index in [1.807, 2.05) is 71.3 Å². The van der Waals surface area contributed by atoms with Crippen molar-refractivity contribution in [2.75, 3.05) is 0 Å². The Bertz CT molecular complexity index is 1160. The number of hydrogen-bond acceptors (Lipinski definition) is 4. The van der Waals surface area contributed by atoms with Gasteiger partial charge in [0.25, 0.3) is 0 Å². The number of hydrogen-bond donors (Lipinski definition) is 0. The molecule has 1 heterocycles. The highest BCUT2D eigenvalue weighted by atomic mass is 79.9. The first kappa shape index (κ1) is 22.5. The standard InChI is InChI=1S/C23H19Br2N3OS2/c24-19-10-6-17(7-11-19)14-30-23-27-26-22(28(23)21-4-2-1-3-5-21)16-31(29)15-18-8-12-20(25)13-9-18/h1-13H,14-16H2/t31-/m1/s1. The lowest BCUT2D eigenvalue weighted by Gasteiger charge is -2.10. The molecule has 4 nitrogen and oxygen atoms in total. The van der Waals surface area contributed by atoms with Crippen LogP contribution >= 0.6 is 43.6 Å². The van der Waals surface area contributed by atoms with E-state index in [4.69, 9.17) is 0 Å². The lowest BCUT2D eigenvalue weighted by molar-refractivity contribution is 0.680. The van der Waals surface area contributed by atoms with Crippen molar-refractivity contribution in [2.24, 2.45) is 0 Å². The summed E-state index contributed by atoms with van der Waals surface area (Å²) in [7, 11) is -1.09. The Morgan fingerprint density at radius 3 is 2.03 bits per heavy atom. The molecule has 0 fully saturated rings. The summed E-state index contributed by atoms with van der Waals surface area (Å²) in [6, 6.07) is 26.2. The SMILES string of the molecule is O=[S@](Cc1ccc(Br)cc1)Cc1nnc(SCc2ccc(Br)cc2)n1-c1ccccc1. The first-order valence-corrected chi connectivity index (χ1v) is 13.6. The van der Waals surface area contributed by atoms with E-state index in [0.717, 1.165) is 31.1 Å². The molecule has 4 rings (SSSR count). The molecule has 0 bridgehead atoms.